The summed E-state index contributed by atoms with van der Waals surface area (Å²) < 4.78 is 11.3. The Morgan fingerprint density at radius 1 is 1.07 bits per heavy atom. The molecular formula is C22H33NO6. The van der Waals surface area contributed by atoms with Gasteiger partial charge in [0.1, 0.15) is 0 Å². The molecule has 0 atom stereocenters. The molecular weight excluding hydrogens is 374 g/mol. The number of carboxylic acids is 2. The first-order valence-corrected chi connectivity index (χ1v) is 10.1. The van der Waals surface area contributed by atoms with E-state index in [1.165, 1.54) is 57.3 Å². The molecule has 0 aliphatic carbocycles. The Hall–Kier alpha value is -2.54. The number of hydrogen-bond donors (Lipinski definition) is 2. The minimum atomic E-state index is -1.82. The van der Waals surface area contributed by atoms with Crippen molar-refractivity contribution in [3.05, 3.63) is 36.4 Å². The summed E-state index contributed by atoms with van der Waals surface area (Å²) in [4.78, 5) is 20.8. The van der Waals surface area contributed by atoms with Crippen LogP contribution in [0.3, 0.4) is 0 Å². The van der Waals surface area contributed by atoms with Crippen LogP contribution >= 0.6 is 0 Å². The number of hydrogen-bond acceptors (Lipinski definition) is 5. The molecule has 0 saturated carbocycles. The van der Waals surface area contributed by atoms with Crippen molar-refractivity contribution in [2.24, 2.45) is 0 Å². The van der Waals surface area contributed by atoms with E-state index in [1.54, 1.807) is 7.11 Å². The van der Waals surface area contributed by atoms with E-state index < -0.39 is 11.9 Å². The molecule has 0 spiro atoms. The molecule has 7 nitrogen and oxygen atoms in total. The van der Waals surface area contributed by atoms with Gasteiger partial charge in [-0.05, 0) is 69.4 Å². The Morgan fingerprint density at radius 3 is 2.28 bits per heavy atom. The van der Waals surface area contributed by atoms with Gasteiger partial charge in [0.05, 0.1) is 13.7 Å². The molecule has 0 amide bonds. The quantitative estimate of drug-likeness (QED) is 0.367. The number of carboxylic acid groups (broad SMARTS) is 2. The van der Waals surface area contributed by atoms with Gasteiger partial charge in [-0.2, -0.15) is 0 Å². The Kier molecular flexibility index (Phi) is 12.2. The lowest BCUT2D eigenvalue weighted by Crippen LogP contribution is -2.25. The summed E-state index contributed by atoms with van der Waals surface area (Å²) >= 11 is 0. The minimum absolute atomic E-state index is 0.755. The third-order valence-electron chi connectivity index (χ3n) is 4.62. The molecule has 2 rings (SSSR count). The van der Waals surface area contributed by atoms with Gasteiger partial charge in [0, 0.05) is 0 Å². The highest BCUT2D eigenvalue weighted by molar-refractivity contribution is 6.27. The third-order valence-corrected chi connectivity index (χ3v) is 4.62. The summed E-state index contributed by atoms with van der Waals surface area (Å²) in [7, 11) is 1.69. The van der Waals surface area contributed by atoms with Gasteiger partial charge in [-0.3, -0.25) is 0 Å². The number of carbonyl (C=O) groups is 2. The number of likely N-dealkylation sites (tertiary alicyclic amines) is 1. The third kappa shape index (κ3) is 10.5. The van der Waals surface area contributed by atoms with Gasteiger partial charge in [-0.1, -0.05) is 25.0 Å². The van der Waals surface area contributed by atoms with Crippen LogP contribution < -0.4 is 9.47 Å². The first-order chi connectivity index (χ1) is 14.0. The molecule has 1 fully saturated rings. The standard InChI is InChI=1S/C20H31NO2.C2H2O4/c1-3-10-18-11-12-19(20(17-18)22-2)23-16-9-8-15-21-13-6-4-5-7-14-21;3-1(4)2(5)6/h3,11-12,17H,1,4-10,13-16H2,2H3;(H,3,4)(H,5,6). The van der Waals surface area contributed by atoms with Crippen molar-refractivity contribution < 1.29 is 29.3 Å². The number of benzene rings is 1. The van der Waals surface area contributed by atoms with E-state index in [0.29, 0.717) is 0 Å². The molecule has 1 heterocycles. The molecule has 2 N–H and O–H groups in total. The fourth-order valence-electron chi connectivity index (χ4n) is 3.10. The maximum Gasteiger partial charge on any atom is 0.414 e. The maximum atomic E-state index is 9.10. The van der Waals surface area contributed by atoms with Gasteiger partial charge in [0.2, 0.25) is 0 Å². The fourth-order valence-corrected chi connectivity index (χ4v) is 3.10. The lowest BCUT2D eigenvalue weighted by Gasteiger charge is -2.19. The van der Waals surface area contributed by atoms with Crippen LogP contribution in [0.4, 0.5) is 0 Å². The average molecular weight is 408 g/mol. The van der Waals surface area contributed by atoms with E-state index in [-0.39, 0.29) is 0 Å². The Labute approximate surface area is 172 Å². The summed E-state index contributed by atoms with van der Waals surface area (Å²) in [6.45, 7) is 8.29. The van der Waals surface area contributed by atoms with Crippen molar-refractivity contribution >= 4 is 11.9 Å². The van der Waals surface area contributed by atoms with Crippen molar-refractivity contribution in [1.29, 1.82) is 0 Å². The number of unbranched alkanes of at least 4 members (excludes halogenated alkanes) is 1. The van der Waals surface area contributed by atoms with Crippen LogP contribution in [0.1, 0.15) is 44.1 Å². The lowest BCUT2D eigenvalue weighted by molar-refractivity contribution is -0.159. The number of methoxy groups -OCH3 is 1. The lowest BCUT2D eigenvalue weighted by atomic mass is 10.1. The first-order valence-electron chi connectivity index (χ1n) is 10.1. The number of allylic oxidation sites excluding steroid dienone is 1. The Bertz CT molecular complexity index is 626. The normalized spacial score (nSPS) is 14.1. The van der Waals surface area contributed by atoms with E-state index in [0.717, 1.165) is 30.9 Å². The molecule has 0 bridgehead atoms. The molecule has 0 aromatic heterocycles. The van der Waals surface area contributed by atoms with Crippen molar-refractivity contribution in [2.75, 3.05) is 33.4 Å². The van der Waals surface area contributed by atoms with E-state index in [9.17, 15) is 0 Å². The van der Waals surface area contributed by atoms with Gasteiger partial charge >= 0.3 is 11.9 Å². The van der Waals surface area contributed by atoms with Gasteiger partial charge in [0.25, 0.3) is 0 Å². The first kappa shape index (κ1) is 24.5. The van der Waals surface area contributed by atoms with Gasteiger partial charge in [-0.25, -0.2) is 9.59 Å². The van der Waals surface area contributed by atoms with E-state index in [1.807, 2.05) is 18.2 Å². The van der Waals surface area contributed by atoms with E-state index >= 15 is 0 Å². The van der Waals surface area contributed by atoms with Gasteiger partial charge in [0.15, 0.2) is 11.5 Å². The number of nitrogens with zero attached hydrogens (tertiary/aromatic N) is 1. The molecule has 1 aliphatic heterocycles. The summed E-state index contributed by atoms with van der Waals surface area (Å²) in [5.41, 5.74) is 1.20. The van der Waals surface area contributed by atoms with Crippen LogP contribution in [0.25, 0.3) is 0 Å². The topological polar surface area (TPSA) is 96.3 Å². The molecule has 7 heteroatoms. The SMILES string of the molecule is C=CCc1ccc(OCCCCN2CCCCCC2)c(OC)c1.O=C(O)C(=O)O. The molecule has 1 saturated heterocycles. The molecule has 1 aliphatic rings. The van der Waals surface area contributed by atoms with Crippen LogP contribution in [0.15, 0.2) is 30.9 Å². The number of ether oxygens (including phenoxy) is 2. The van der Waals surface area contributed by atoms with Crippen molar-refractivity contribution in [1.82, 2.24) is 4.90 Å². The molecule has 0 radical (unpaired) electrons. The van der Waals surface area contributed by atoms with Crippen LogP contribution in [-0.4, -0.2) is 60.4 Å². The predicted octanol–water partition coefficient (Wildman–Crippen LogP) is 3.61. The van der Waals surface area contributed by atoms with Crippen LogP contribution in [0.2, 0.25) is 0 Å². The zero-order valence-corrected chi connectivity index (χ0v) is 17.3. The summed E-state index contributed by atoms with van der Waals surface area (Å²) in [6, 6.07) is 6.12. The van der Waals surface area contributed by atoms with E-state index in [2.05, 4.69) is 17.5 Å². The highest BCUT2D eigenvalue weighted by atomic mass is 16.5. The smallest absolute Gasteiger partial charge is 0.414 e. The summed E-state index contributed by atoms with van der Waals surface area (Å²) in [5, 5.41) is 14.8. The average Bonchev–Trinajstić information content (AvgIpc) is 2.98. The second-order valence-corrected chi connectivity index (χ2v) is 6.90. The monoisotopic (exact) mass is 407 g/mol. The maximum absolute atomic E-state index is 9.10. The largest absolute Gasteiger partial charge is 0.493 e. The molecule has 162 valence electrons. The Balaban J connectivity index is 0.000000612. The molecule has 29 heavy (non-hydrogen) atoms. The predicted molar refractivity (Wildman–Crippen MR) is 112 cm³/mol. The molecule has 1 aromatic rings. The number of aliphatic carboxylic acids is 2. The Morgan fingerprint density at radius 2 is 1.72 bits per heavy atom. The minimum Gasteiger partial charge on any atom is -0.493 e. The van der Waals surface area contributed by atoms with Crippen molar-refractivity contribution in [3.8, 4) is 11.5 Å². The highest BCUT2D eigenvalue weighted by Crippen LogP contribution is 2.28. The molecule has 1 aromatic carbocycles. The van der Waals surface area contributed by atoms with Gasteiger partial charge in [-0.15, -0.1) is 6.58 Å². The van der Waals surface area contributed by atoms with Gasteiger partial charge < -0.3 is 24.6 Å². The summed E-state index contributed by atoms with van der Waals surface area (Å²) in [5.74, 6) is -1.99. The fraction of sp³-hybridized carbons (Fsp3) is 0.545. The highest BCUT2D eigenvalue weighted by Gasteiger charge is 2.09. The van der Waals surface area contributed by atoms with Crippen LogP contribution in [0, 0.1) is 0 Å². The summed E-state index contributed by atoms with van der Waals surface area (Å²) in [6.07, 6.45) is 10.6. The zero-order valence-electron chi connectivity index (χ0n) is 17.3. The molecule has 0 unspecified atom stereocenters. The van der Waals surface area contributed by atoms with Crippen LogP contribution in [0.5, 0.6) is 11.5 Å². The number of rotatable bonds is 9. The zero-order chi connectivity index (χ0) is 21.5. The second-order valence-electron chi connectivity index (χ2n) is 6.90. The van der Waals surface area contributed by atoms with Crippen LogP contribution in [-0.2, 0) is 16.0 Å². The second kappa shape index (κ2) is 14.5. The van der Waals surface area contributed by atoms with Crippen molar-refractivity contribution in [2.45, 2.75) is 44.9 Å². The van der Waals surface area contributed by atoms with E-state index in [4.69, 9.17) is 29.3 Å². The van der Waals surface area contributed by atoms with Crippen molar-refractivity contribution in [3.63, 3.8) is 0 Å².